The van der Waals surface area contributed by atoms with E-state index < -0.39 is 0 Å². The average molecular weight is 200 g/mol. The van der Waals surface area contributed by atoms with Crippen molar-refractivity contribution in [1.82, 2.24) is 0 Å². The summed E-state index contributed by atoms with van der Waals surface area (Å²) in [6.45, 7) is 6.94. The molecule has 1 aliphatic heterocycles. The molecule has 1 heteroatoms. The minimum Gasteiger partial charge on any atom is -0.493 e. The van der Waals surface area contributed by atoms with Gasteiger partial charge in [0.25, 0.3) is 0 Å². The molecule has 0 atom stereocenters. The highest BCUT2D eigenvalue weighted by Gasteiger charge is 2.48. The van der Waals surface area contributed by atoms with E-state index in [4.69, 9.17) is 4.74 Å². The molecule has 78 valence electrons. The summed E-state index contributed by atoms with van der Waals surface area (Å²) in [6, 6.07) is 6.48. The van der Waals surface area contributed by atoms with Gasteiger partial charge in [-0.25, -0.2) is 0 Å². The molecule has 0 amide bonds. The van der Waals surface area contributed by atoms with Crippen LogP contribution in [0.15, 0.2) is 24.8 Å². The lowest BCUT2D eigenvalue weighted by molar-refractivity contribution is 0.260. The molecular weight excluding hydrogens is 184 g/mol. The van der Waals surface area contributed by atoms with Crippen molar-refractivity contribution in [1.29, 1.82) is 0 Å². The van der Waals surface area contributed by atoms with E-state index >= 15 is 0 Å². The maximum atomic E-state index is 5.83. The number of fused-ring (bicyclic) bond motifs is 2. The predicted octanol–water partition coefficient (Wildman–Crippen LogP) is 3.53. The summed E-state index contributed by atoms with van der Waals surface area (Å²) in [5.41, 5.74) is 4.19. The Morgan fingerprint density at radius 3 is 2.80 bits per heavy atom. The molecule has 1 fully saturated rings. The minimum absolute atomic E-state index is 0.471. The van der Waals surface area contributed by atoms with Crippen molar-refractivity contribution in [3.63, 3.8) is 0 Å². The fraction of sp³-hybridized carbons (Fsp3) is 0.429. The summed E-state index contributed by atoms with van der Waals surface area (Å²) in [6.07, 6.45) is 3.87. The van der Waals surface area contributed by atoms with Crippen molar-refractivity contribution in [2.45, 2.75) is 31.6 Å². The van der Waals surface area contributed by atoms with E-state index in [0.29, 0.717) is 5.41 Å². The zero-order chi connectivity index (χ0) is 10.5. The van der Waals surface area contributed by atoms with Gasteiger partial charge in [-0.15, -0.1) is 0 Å². The third-order valence-electron chi connectivity index (χ3n) is 3.73. The number of hydrogen-bond acceptors (Lipinski definition) is 1. The van der Waals surface area contributed by atoms with Crippen LogP contribution in [-0.2, 0) is 5.41 Å². The molecule has 1 aromatic carbocycles. The minimum atomic E-state index is 0.471. The van der Waals surface area contributed by atoms with Crippen molar-refractivity contribution in [2.24, 2.45) is 0 Å². The van der Waals surface area contributed by atoms with E-state index in [2.05, 4.69) is 24.8 Å². The molecule has 15 heavy (non-hydrogen) atoms. The van der Waals surface area contributed by atoms with Crippen LogP contribution in [0.5, 0.6) is 5.75 Å². The number of hydrogen-bond donors (Lipinski definition) is 0. The standard InChI is InChI=1S/C14H16O/c1-10(2)11-4-3-5-12-13(11)15-9-8-14(12)6-7-14/h3-5H,1,6-9H2,2H3. The molecule has 0 aromatic heterocycles. The van der Waals surface area contributed by atoms with E-state index in [1.54, 1.807) is 0 Å². The Morgan fingerprint density at radius 2 is 2.13 bits per heavy atom. The maximum Gasteiger partial charge on any atom is 0.130 e. The van der Waals surface area contributed by atoms with Gasteiger partial charge in [0.15, 0.2) is 0 Å². The van der Waals surface area contributed by atoms with Crippen LogP contribution in [0.25, 0.3) is 5.57 Å². The molecule has 0 saturated heterocycles. The first-order valence-corrected chi connectivity index (χ1v) is 5.65. The van der Waals surface area contributed by atoms with Crippen molar-refractivity contribution in [3.05, 3.63) is 35.9 Å². The van der Waals surface area contributed by atoms with Gasteiger partial charge in [-0.05, 0) is 31.8 Å². The molecule has 1 nitrogen and oxygen atoms in total. The summed E-state index contributed by atoms with van der Waals surface area (Å²) < 4.78 is 5.83. The molecule has 0 bridgehead atoms. The lowest BCUT2D eigenvalue weighted by Crippen LogP contribution is -2.20. The predicted molar refractivity (Wildman–Crippen MR) is 62.2 cm³/mol. The Morgan fingerprint density at radius 1 is 1.33 bits per heavy atom. The van der Waals surface area contributed by atoms with Crippen LogP contribution >= 0.6 is 0 Å². The summed E-state index contributed by atoms with van der Waals surface area (Å²) in [7, 11) is 0. The normalized spacial score (nSPS) is 20.6. The number of ether oxygens (including phenoxy) is 1. The van der Waals surface area contributed by atoms with E-state index in [0.717, 1.165) is 17.9 Å². The van der Waals surface area contributed by atoms with Gasteiger partial charge in [-0.3, -0.25) is 0 Å². The molecule has 1 aliphatic carbocycles. The van der Waals surface area contributed by atoms with Crippen molar-refractivity contribution < 1.29 is 4.74 Å². The molecule has 1 saturated carbocycles. The molecule has 2 aliphatic rings. The molecule has 3 rings (SSSR count). The van der Waals surface area contributed by atoms with Crippen LogP contribution in [0.3, 0.4) is 0 Å². The molecule has 0 unspecified atom stereocenters. The quantitative estimate of drug-likeness (QED) is 0.673. The van der Waals surface area contributed by atoms with Crippen LogP contribution < -0.4 is 4.74 Å². The fourth-order valence-electron chi connectivity index (χ4n) is 2.60. The monoisotopic (exact) mass is 200 g/mol. The number of benzene rings is 1. The molecule has 1 spiro atoms. The fourth-order valence-corrected chi connectivity index (χ4v) is 2.60. The van der Waals surface area contributed by atoms with E-state index in [1.165, 1.54) is 30.4 Å². The van der Waals surface area contributed by atoms with Crippen LogP contribution in [-0.4, -0.2) is 6.61 Å². The summed E-state index contributed by atoms with van der Waals surface area (Å²) in [5.74, 6) is 1.11. The number of para-hydroxylation sites is 1. The van der Waals surface area contributed by atoms with Crippen molar-refractivity contribution in [3.8, 4) is 5.75 Å². The van der Waals surface area contributed by atoms with Gasteiger partial charge >= 0.3 is 0 Å². The van der Waals surface area contributed by atoms with Crippen LogP contribution in [0.1, 0.15) is 37.3 Å². The van der Waals surface area contributed by atoms with Gasteiger partial charge in [0.05, 0.1) is 6.61 Å². The zero-order valence-electron chi connectivity index (χ0n) is 9.18. The lowest BCUT2D eigenvalue weighted by Gasteiger charge is -2.27. The van der Waals surface area contributed by atoms with Crippen molar-refractivity contribution >= 4 is 5.57 Å². The second-order valence-corrected chi connectivity index (χ2v) is 4.84. The molecule has 0 radical (unpaired) electrons. The highest BCUT2D eigenvalue weighted by molar-refractivity contribution is 5.70. The average Bonchev–Trinajstić information content (AvgIpc) is 2.98. The molecular formula is C14H16O. The first-order chi connectivity index (χ1) is 7.23. The number of allylic oxidation sites excluding steroid dienone is 1. The maximum absolute atomic E-state index is 5.83. The Balaban J connectivity index is 2.18. The molecule has 1 heterocycles. The van der Waals surface area contributed by atoms with E-state index in [1.807, 2.05) is 6.92 Å². The van der Waals surface area contributed by atoms with E-state index in [9.17, 15) is 0 Å². The second kappa shape index (κ2) is 2.88. The second-order valence-electron chi connectivity index (χ2n) is 4.84. The lowest BCUT2D eigenvalue weighted by atomic mass is 9.87. The van der Waals surface area contributed by atoms with Crippen LogP contribution in [0.2, 0.25) is 0 Å². The van der Waals surface area contributed by atoms with E-state index in [-0.39, 0.29) is 0 Å². The Kier molecular flexibility index (Phi) is 1.73. The largest absolute Gasteiger partial charge is 0.493 e. The van der Waals surface area contributed by atoms with Gasteiger partial charge < -0.3 is 4.74 Å². The van der Waals surface area contributed by atoms with Crippen molar-refractivity contribution in [2.75, 3.05) is 6.61 Å². The topological polar surface area (TPSA) is 9.23 Å². The Hall–Kier alpha value is -1.24. The van der Waals surface area contributed by atoms with Crippen LogP contribution in [0.4, 0.5) is 0 Å². The Labute approximate surface area is 90.8 Å². The number of rotatable bonds is 1. The smallest absolute Gasteiger partial charge is 0.130 e. The molecule has 0 N–H and O–H groups in total. The molecule has 1 aromatic rings. The SMILES string of the molecule is C=C(C)c1cccc2c1OCCC21CC1. The Bertz CT molecular complexity index is 427. The zero-order valence-corrected chi connectivity index (χ0v) is 9.18. The summed E-state index contributed by atoms with van der Waals surface area (Å²) in [4.78, 5) is 0. The van der Waals surface area contributed by atoms with Gasteiger partial charge in [-0.1, -0.05) is 24.8 Å². The first kappa shape index (κ1) is 9.02. The first-order valence-electron chi connectivity index (χ1n) is 5.65. The highest BCUT2D eigenvalue weighted by atomic mass is 16.5. The summed E-state index contributed by atoms with van der Waals surface area (Å²) >= 11 is 0. The van der Waals surface area contributed by atoms with Gasteiger partial charge in [0.1, 0.15) is 5.75 Å². The van der Waals surface area contributed by atoms with Gasteiger partial charge in [-0.2, -0.15) is 0 Å². The highest BCUT2D eigenvalue weighted by Crippen LogP contribution is 2.56. The van der Waals surface area contributed by atoms with Crippen LogP contribution in [0, 0.1) is 0 Å². The van der Waals surface area contributed by atoms with Gasteiger partial charge in [0, 0.05) is 16.5 Å². The summed E-state index contributed by atoms with van der Waals surface area (Å²) in [5, 5.41) is 0. The third kappa shape index (κ3) is 1.22. The third-order valence-corrected chi connectivity index (χ3v) is 3.73. The van der Waals surface area contributed by atoms with Gasteiger partial charge in [0.2, 0.25) is 0 Å².